The number of carbonyl (C=O) groups is 1. The van der Waals surface area contributed by atoms with Crippen LogP contribution in [0.5, 0.6) is 46.0 Å². The fraction of sp³-hybridized carbons (Fsp3) is 0.419. The van der Waals surface area contributed by atoms with E-state index in [2.05, 4.69) is 25.3 Å². The summed E-state index contributed by atoms with van der Waals surface area (Å²) in [7, 11) is 16.4. The second-order valence-corrected chi connectivity index (χ2v) is 16.1. The molecule has 4 aromatic rings. The summed E-state index contributed by atoms with van der Waals surface area (Å²) in [6.07, 6.45) is 0.478. The molecule has 16 heteroatoms. The molecule has 0 radical (unpaired) electrons. The molecule has 0 spiro atoms. The molecule has 0 amide bonds. The van der Waals surface area contributed by atoms with Crippen molar-refractivity contribution >= 4 is 52.6 Å². The van der Waals surface area contributed by atoms with E-state index in [1.807, 2.05) is 72.8 Å². The molecule has 4 aromatic carbocycles. The summed E-state index contributed by atoms with van der Waals surface area (Å²) in [5.74, 6) is 8.85. The number of rotatable bonds is 21. The number of benzene rings is 4. The largest absolute Gasteiger partial charge is 0.497 e. The summed E-state index contributed by atoms with van der Waals surface area (Å²) in [6.45, 7) is 1.59. The Morgan fingerprint density at radius 3 is 1.07 bits per heavy atom. The van der Waals surface area contributed by atoms with Crippen LogP contribution in [-0.2, 0) is 4.79 Å². The summed E-state index contributed by atoms with van der Waals surface area (Å²) < 4.78 is 42.1. The lowest BCUT2D eigenvalue weighted by Gasteiger charge is -2.18. The van der Waals surface area contributed by atoms with Gasteiger partial charge in [0.2, 0.25) is 0 Å². The van der Waals surface area contributed by atoms with Crippen LogP contribution in [0.2, 0.25) is 0 Å². The Morgan fingerprint density at radius 2 is 0.797 bits per heavy atom. The standard InChI is InChI=1S/C20H28N2O4S2.C13H18O3S.C10H15NO2S/c1-23-13-5-7-15(19(9-13)25-3)17(21)11-27-28-12-18(22)16-8-6-14(24-2)10-20(16)26-4;1-9(14)6-10(8-17)12-5-4-11(15-2)7-13(12)16-3;1-12-7-3-4-8(9(11)6-14)10(5-7)13-2/h5-10,17-18H,11-12,21-22H2,1-4H3;4-5,7,10,17H,6,8H2,1-3H3;3-5,9,14H,6,11H2,1-2H3. The van der Waals surface area contributed by atoms with Crippen molar-refractivity contribution in [1.82, 2.24) is 0 Å². The maximum atomic E-state index is 11.2. The Labute approximate surface area is 369 Å². The average Bonchev–Trinajstić information content (AvgIpc) is 3.28. The quantitative estimate of drug-likeness (QED) is 0.0309. The number of ketones is 1. The molecular weight excluding hydrogens is 831 g/mol. The second kappa shape index (κ2) is 27.9. The fourth-order valence-corrected chi connectivity index (χ4v) is 8.49. The van der Waals surface area contributed by atoms with E-state index in [4.69, 9.17) is 55.1 Å². The number of methoxy groups -OCH3 is 8. The Bertz CT molecular complexity index is 1790. The van der Waals surface area contributed by atoms with Crippen molar-refractivity contribution in [1.29, 1.82) is 0 Å². The van der Waals surface area contributed by atoms with Crippen molar-refractivity contribution in [2.45, 2.75) is 37.4 Å². The van der Waals surface area contributed by atoms with Crippen LogP contribution in [0, 0.1) is 0 Å². The van der Waals surface area contributed by atoms with Crippen LogP contribution in [0.25, 0.3) is 0 Å². The van der Waals surface area contributed by atoms with Gasteiger partial charge in [-0.25, -0.2) is 0 Å². The molecule has 0 aliphatic rings. The monoisotopic (exact) mass is 891 g/mol. The molecule has 0 fully saturated rings. The Hall–Kier alpha value is -3.77. The zero-order valence-corrected chi connectivity index (χ0v) is 38.8. The number of Topliss-reactive ketones (excluding diaryl/α,β-unsaturated/α-hetero) is 1. The van der Waals surface area contributed by atoms with Crippen LogP contribution in [-0.4, -0.2) is 85.7 Å². The van der Waals surface area contributed by atoms with Crippen molar-refractivity contribution in [3.05, 3.63) is 95.1 Å². The molecule has 0 bridgehead atoms. The van der Waals surface area contributed by atoms with E-state index in [9.17, 15) is 4.79 Å². The highest BCUT2D eigenvalue weighted by molar-refractivity contribution is 8.76. The number of ether oxygens (including phenoxy) is 8. The van der Waals surface area contributed by atoms with Gasteiger partial charge >= 0.3 is 0 Å². The minimum absolute atomic E-state index is 0.0803. The maximum absolute atomic E-state index is 11.2. The van der Waals surface area contributed by atoms with Gasteiger partial charge in [0.05, 0.1) is 56.9 Å². The van der Waals surface area contributed by atoms with Crippen LogP contribution in [0.4, 0.5) is 0 Å². The zero-order valence-electron chi connectivity index (χ0n) is 35.4. The summed E-state index contributed by atoms with van der Waals surface area (Å²) in [5.41, 5.74) is 22.4. The van der Waals surface area contributed by atoms with Gasteiger partial charge in [0.25, 0.3) is 0 Å². The molecule has 0 aliphatic heterocycles. The number of hydrogen-bond acceptors (Lipinski definition) is 16. The second-order valence-electron chi connectivity index (χ2n) is 12.8. The molecule has 0 saturated heterocycles. The molecular formula is C43H61N3O9S4. The number of thiol groups is 2. The third-order valence-electron chi connectivity index (χ3n) is 8.93. The molecule has 0 aromatic heterocycles. The molecule has 6 N–H and O–H groups in total. The molecule has 4 unspecified atom stereocenters. The minimum atomic E-state index is -0.148. The highest BCUT2D eigenvalue weighted by Gasteiger charge is 2.18. The summed E-state index contributed by atoms with van der Waals surface area (Å²) in [4.78, 5) is 11.2. The van der Waals surface area contributed by atoms with Gasteiger partial charge in [0, 0.05) is 88.7 Å². The highest BCUT2D eigenvalue weighted by atomic mass is 33.1. The van der Waals surface area contributed by atoms with Crippen LogP contribution in [0.3, 0.4) is 0 Å². The van der Waals surface area contributed by atoms with E-state index >= 15 is 0 Å². The van der Waals surface area contributed by atoms with Gasteiger partial charge in [-0.15, -0.1) is 0 Å². The van der Waals surface area contributed by atoms with E-state index in [0.29, 0.717) is 17.9 Å². The SMILES string of the molecule is COc1ccc(C(CS)CC(C)=O)c(OC)c1.COc1ccc(C(N)CS)c(OC)c1.COc1ccc(C(N)CSSCC(N)c2ccc(OC)cc2OC)c(OC)c1. The van der Waals surface area contributed by atoms with Gasteiger partial charge in [-0.05, 0) is 42.5 Å². The third kappa shape index (κ3) is 16.3. The van der Waals surface area contributed by atoms with E-state index < -0.39 is 0 Å². The summed E-state index contributed by atoms with van der Waals surface area (Å²) in [6, 6.07) is 22.2. The average molecular weight is 892 g/mol. The highest BCUT2D eigenvalue weighted by Crippen LogP contribution is 2.37. The predicted molar refractivity (Wildman–Crippen MR) is 250 cm³/mol. The number of hydrogen-bond donors (Lipinski definition) is 5. The number of carbonyl (C=O) groups excluding carboxylic acids is 1. The Kier molecular flexibility index (Phi) is 24.3. The lowest BCUT2D eigenvalue weighted by Crippen LogP contribution is -2.15. The Morgan fingerprint density at radius 1 is 0.492 bits per heavy atom. The molecule has 4 atom stereocenters. The van der Waals surface area contributed by atoms with Crippen molar-refractivity contribution < 1.29 is 42.7 Å². The van der Waals surface area contributed by atoms with Crippen LogP contribution in [0.15, 0.2) is 72.8 Å². The van der Waals surface area contributed by atoms with Gasteiger partial charge < -0.3 is 59.9 Å². The fourth-order valence-electron chi connectivity index (χ4n) is 5.67. The molecule has 59 heavy (non-hydrogen) atoms. The Balaban J connectivity index is 0.000000330. The van der Waals surface area contributed by atoms with Gasteiger partial charge in [-0.3, -0.25) is 0 Å². The molecule has 4 rings (SSSR count). The van der Waals surface area contributed by atoms with Gasteiger partial charge in [-0.2, -0.15) is 25.3 Å². The zero-order chi connectivity index (χ0) is 43.9. The smallest absolute Gasteiger partial charge is 0.130 e. The van der Waals surface area contributed by atoms with Crippen LogP contribution in [0.1, 0.15) is 59.6 Å². The lowest BCUT2D eigenvalue weighted by molar-refractivity contribution is -0.117. The molecule has 0 aliphatic carbocycles. The summed E-state index contributed by atoms with van der Waals surface area (Å²) >= 11 is 8.45. The van der Waals surface area contributed by atoms with Crippen molar-refractivity contribution in [2.24, 2.45) is 17.2 Å². The lowest BCUT2D eigenvalue weighted by atomic mass is 9.95. The topological polar surface area (TPSA) is 169 Å². The summed E-state index contributed by atoms with van der Waals surface area (Å²) in [5, 5.41) is 0. The first-order valence-corrected chi connectivity index (χ1v) is 22.2. The normalized spacial score (nSPS) is 12.5. The maximum Gasteiger partial charge on any atom is 0.130 e. The molecule has 326 valence electrons. The van der Waals surface area contributed by atoms with Gasteiger partial charge in [0.1, 0.15) is 51.8 Å². The van der Waals surface area contributed by atoms with E-state index in [0.717, 1.165) is 79.8 Å². The van der Waals surface area contributed by atoms with Crippen molar-refractivity contribution in [3.63, 3.8) is 0 Å². The van der Waals surface area contributed by atoms with Crippen LogP contribution >= 0.6 is 46.8 Å². The van der Waals surface area contributed by atoms with Gasteiger partial charge in [0.15, 0.2) is 0 Å². The first-order valence-electron chi connectivity index (χ1n) is 18.5. The van der Waals surface area contributed by atoms with Crippen LogP contribution < -0.4 is 55.1 Å². The van der Waals surface area contributed by atoms with Crippen molar-refractivity contribution in [2.75, 3.05) is 79.9 Å². The molecule has 12 nitrogen and oxygen atoms in total. The molecule has 0 saturated carbocycles. The third-order valence-corrected chi connectivity index (χ3v) is 12.2. The molecule has 0 heterocycles. The van der Waals surface area contributed by atoms with E-state index in [1.165, 1.54) is 0 Å². The first-order chi connectivity index (χ1) is 28.4. The first kappa shape index (κ1) is 51.4. The van der Waals surface area contributed by atoms with Crippen molar-refractivity contribution in [3.8, 4) is 46.0 Å². The minimum Gasteiger partial charge on any atom is -0.497 e. The van der Waals surface area contributed by atoms with E-state index in [-0.39, 0.29) is 29.8 Å². The predicted octanol–water partition coefficient (Wildman–Crippen LogP) is 8.13. The number of nitrogens with two attached hydrogens (primary N) is 3. The van der Waals surface area contributed by atoms with Gasteiger partial charge in [-0.1, -0.05) is 45.9 Å². The van der Waals surface area contributed by atoms with E-state index in [1.54, 1.807) is 85.4 Å².